The van der Waals surface area contributed by atoms with Crippen LogP contribution < -0.4 is 10.1 Å². The average molecular weight is 285 g/mol. The standard InChI is InChI=1S/C17H23N3O/c1-3-11-18-17-19-13-14(2)16(20-17)21-12-7-10-15-8-5-4-6-9-15/h4-6,8-9,13H,3,7,10-12H2,1-2H3,(H,18,19,20). The maximum Gasteiger partial charge on any atom is 0.225 e. The lowest BCUT2D eigenvalue weighted by molar-refractivity contribution is 0.297. The van der Waals surface area contributed by atoms with Crippen LogP contribution in [0.5, 0.6) is 5.88 Å². The molecule has 0 bridgehead atoms. The van der Waals surface area contributed by atoms with E-state index < -0.39 is 0 Å². The summed E-state index contributed by atoms with van der Waals surface area (Å²) >= 11 is 0. The maximum absolute atomic E-state index is 5.79. The summed E-state index contributed by atoms with van der Waals surface area (Å²) < 4.78 is 5.79. The molecule has 0 spiro atoms. The molecule has 21 heavy (non-hydrogen) atoms. The molecule has 0 fully saturated rings. The Kier molecular flexibility index (Phi) is 6.00. The molecule has 0 unspecified atom stereocenters. The fourth-order valence-corrected chi connectivity index (χ4v) is 1.98. The summed E-state index contributed by atoms with van der Waals surface area (Å²) in [7, 11) is 0. The van der Waals surface area contributed by atoms with Gasteiger partial charge in [-0.1, -0.05) is 37.3 Å². The van der Waals surface area contributed by atoms with Crippen molar-refractivity contribution in [2.45, 2.75) is 33.1 Å². The van der Waals surface area contributed by atoms with Gasteiger partial charge >= 0.3 is 0 Å². The van der Waals surface area contributed by atoms with Crippen LogP contribution in [0.1, 0.15) is 30.9 Å². The summed E-state index contributed by atoms with van der Waals surface area (Å²) in [6, 6.07) is 10.5. The quantitative estimate of drug-likeness (QED) is 0.753. The van der Waals surface area contributed by atoms with Crippen molar-refractivity contribution >= 4 is 5.95 Å². The van der Waals surface area contributed by atoms with E-state index in [1.165, 1.54) is 5.56 Å². The first-order valence-electron chi connectivity index (χ1n) is 7.54. The lowest BCUT2D eigenvalue weighted by Crippen LogP contribution is -2.08. The minimum absolute atomic E-state index is 0.639. The number of benzene rings is 1. The maximum atomic E-state index is 5.79. The summed E-state index contributed by atoms with van der Waals surface area (Å²) in [4.78, 5) is 8.66. The van der Waals surface area contributed by atoms with Crippen LogP contribution in [0.25, 0.3) is 0 Å². The Morgan fingerprint density at radius 2 is 2.00 bits per heavy atom. The minimum Gasteiger partial charge on any atom is -0.477 e. The Bertz CT molecular complexity index is 543. The van der Waals surface area contributed by atoms with Crippen LogP contribution in [-0.2, 0) is 6.42 Å². The van der Waals surface area contributed by atoms with Gasteiger partial charge in [0.15, 0.2) is 0 Å². The molecule has 4 nitrogen and oxygen atoms in total. The van der Waals surface area contributed by atoms with Crippen LogP contribution >= 0.6 is 0 Å². The van der Waals surface area contributed by atoms with Crippen LogP contribution in [-0.4, -0.2) is 23.1 Å². The van der Waals surface area contributed by atoms with Gasteiger partial charge in [0.1, 0.15) is 0 Å². The van der Waals surface area contributed by atoms with Crippen LogP contribution in [0, 0.1) is 6.92 Å². The third-order valence-electron chi connectivity index (χ3n) is 3.15. The first kappa shape index (κ1) is 15.3. The zero-order chi connectivity index (χ0) is 14.9. The highest BCUT2D eigenvalue weighted by atomic mass is 16.5. The van der Waals surface area contributed by atoms with Gasteiger partial charge in [-0.15, -0.1) is 0 Å². The molecule has 0 saturated carbocycles. The molecule has 0 amide bonds. The van der Waals surface area contributed by atoms with Crippen molar-refractivity contribution < 1.29 is 4.74 Å². The Morgan fingerprint density at radius 1 is 1.19 bits per heavy atom. The fraction of sp³-hybridized carbons (Fsp3) is 0.412. The van der Waals surface area contributed by atoms with Crippen molar-refractivity contribution in [3.63, 3.8) is 0 Å². The van der Waals surface area contributed by atoms with Crippen molar-refractivity contribution in [1.82, 2.24) is 9.97 Å². The van der Waals surface area contributed by atoms with Gasteiger partial charge in [-0.2, -0.15) is 4.98 Å². The summed E-state index contributed by atoms with van der Waals surface area (Å²) in [6.07, 6.45) is 4.85. The monoisotopic (exact) mass is 285 g/mol. The molecular formula is C17H23N3O. The molecule has 0 atom stereocenters. The van der Waals surface area contributed by atoms with E-state index in [-0.39, 0.29) is 0 Å². The van der Waals surface area contributed by atoms with Crippen molar-refractivity contribution in [1.29, 1.82) is 0 Å². The van der Waals surface area contributed by atoms with E-state index in [1.54, 1.807) is 6.20 Å². The second kappa shape index (κ2) is 8.25. The van der Waals surface area contributed by atoms with Crippen LogP contribution in [0.3, 0.4) is 0 Å². The lowest BCUT2D eigenvalue weighted by atomic mass is 10.1. The molecule has 4 heteroatoms. The largest absolute Gasteiger partial charge is 0.477 e. The molecule has 0 saturated heterocycles. The smallest absolute Gasteiger partial charge is 0.225 e. The number of hydrogen-bond acceptors (Lipinski definition) is 4. The zero-order valence-electron chi connectivity index (χ0n) is 12.8. The Morgan fingerprint density at radius 3 is 2.76 bits per heavy atom. The molecule has 2 rings (SSSR count). The van der Waals surface area contributed by atoms with E-state index in [9.17, 15) is 0 Å². The molecular weight excluding hydrogens is 262 g/mol. The van der Waals surface area contributed by atoms with E-state index in [4.69, 9.17) is 4.74 Å². The number of nitrogens with one attached hydrogen (secondary N) is 1. The highest BCUT2D eigenvalue weighted by molar-refractivity contribution is 5.32. The van der Waals surface area contributed by atoms with E-state index in [2.05, 4.69) is 46.5 Å². The van der Waals surface area contributed by atoms with E-state index in [1.807, 2.05) is 13.0 Å². The van der Waals surface area contributed by atoms with Gasteiger partial charge in [0.25, 0.3) is 0 Å². The third kappa shape index (κ3) is 5.06. The second-order valence-electron chi connectivity index (χ2n) is 5.05. The molecule has 1 heterocycles. The van der Waals surface area contributed by atoms with Crippen molar-refractivity contribution in [2.24, 2.45) is 0 Å². The van der Waals surface area contributed by atoms with E-state index >= 15 is 0 Å². The number of rotatable bonds is 8. The van der Waals surface area contributed by atoms with E-state index in [0.29, 0.717) is 18.4 Å². The normalized spacial score (nSPS) is 10.4. The number of aryl methyl sites for hydroxylation is 2. The molecule has 0 aliphatic carbocycles. The Hall–Kier alpha value is -2.10. The predicted octanol–water partition coefficient (Wildman–Crippen LogP) is 3.62. The van der Waals surface area contributed by atoms with Crippen LogP contribution in [0.2, 0.25) is 0 Å². The molecule has 1 N–H and O–H groups in total. The van der Waals surface area contributed by atoms with Gasteiger partial charge in [-0.3, -0.25) is 0 Å². The van der Waals surface area contributed by atoms with Gasteiger partial charge in [-0.25, -0.2) is 4.98 Å². The number of nitrogens with zero attached hydrogens (tertiary/aromatic N) is 2. The number of hydrogen-bond donors (Lipinski definition) is 1. The summed E-state index contributed by atoms with van der Waals surface area (Å²) in [5.41, 5.74) is 2.31. The van der Waals surface area contributed by atoms with Gasteiger partial charge < -0.3 is 10.1 Å². The van der Waals surface area contributed by atoms with Crippen LogP contribution in [0.15, 0.2) is 36.5 Å². The first-order chi connectivity index (χ1) is 10.3. The molecule has 1 aromatic carbocycles. The second-order valence-corrected chi connectivity index (χ2v) is 5.05. The minimum atomic E-state index is 0.639. The lowest BCUT2D eigenvalue weighted by Gasteiger charge is -2.10. The van der Waals surface area contributed by atoms with Crippen LogP contribution in [0.4, 0.5) is 5.95 Å². The van der Waals surface area contributed by atoms with Gasteiger partial charge in [0.2, 0.25) is 11.8 Å². The number of anilines is 1. The third-order valence-corrected chi connectivity index (χ3v) is 3.15. The molecule has 2 aromatic rings. The van der Waals surface area contributed by atoms with Crippen molar-refractivity contribution in [3.05, 3.63) is 47.7 Å². The first-order valence-corrected chi connectivity index (χ1v) is 7.54. The van der Waals surface area contributed by atoms with Crippen molar-refractivity contribution in [2.75, 3.05) is 18.5 Å². The highest BCUT2D eigenvalue weighted by Gasteiger charge is 2.04. The Labute approximate surface area is 126 Å². The Balaban J connectivity index is 1.82. The molecule has 0 aliphatic heterocycles. The van der Waals surface area contributed by atoms with Gasteiger partial charge in [0.05, 0.1) is 6.61 Å². The van der Waals surface area contributed by atoms with Crippen molar-refractivity contribution in [3.8, 4) is 5.88 Å². The fourth-order valence-electron chi connectivity index (χ4n) is 1.98. The predicted molar refractivity (Wildman–Crippen MR) is 85.8 cm³/mol. The molecule has 112 valence electrons. The molecule has 1 aromatic heterocycles. The summed E-state index contributed by atoms with van der Waals surface area (Å²) in [5, 5.41) is 3.18. The SMILES string of the molecule is CCCNc1ncc(C)c(OCCCc2ccccc2)n1. The zero-order valence-corrected chi connectivity index (χ0v) is 12.8. The number of ether oxygens (including phenoxy) is 1. The summed E-state index contributed by atoms with van der Waals surface area (Å²) in [6.45, 7) is 5.62. The molecule has 0 aliphatic rings. The highest BCUT2D eigenvalue weighted by Crippen LogP contribution is 2.15. The average Bonchev–Trinajstić information content (AvgIpc) is 2.53. The summed E-state index contributed by atoms with van der Waals surface area (Å²) in [5.74, 6) is 1.32. The number of aromatic nitrogens is 2. The topological polar surface area (TPSA) is 47.0 Å². The van der Waals surface area contributed by atoms with Gasteiger partial charge in [0, 0.05) is 18.3 Å². The van der Waals surface area contributed by atoms with Gasteiger partial charge in [-0.05, 0) is 31.7 Å². The molecule has 0 radical (unpaired) electrons. The van der Waals surface area contributed by atoms with E-state index in [0.717, 1.165) is 31.4 Å².